The van der Waals surface area contributed by atoms with Crippen molar-refractivity contribution < 1.29 is 4.42 Å². The highest BCUT2D eigenvalue weighted by Crippen LogP contribution is 2.44. The second-order valence-corrected chi connectivity index (χ2v) is 15.1. The third-order valence-electron chi connectivity index (χ3n) is 10.6. The van der Waals surface area contributed by atoms with Crippen molar-refractivity contribution in [2.45, 2.75) is 0 Å². The predicted molar refractivity (Wildman–Crippen MR) is 233 cm³/mol. The summed E-state index contributed by atoms with van der Waals surface area (Å²) in [5.41, 5.74) is 13.1. The lowest BCUT2D eigenvalue weighted by Gasteiger charge is -2.12. The van der Waals surface area contributed by atoms with E-state index in [2.05, 4.69) is 151 Å². The Morgan fingerprint density at radius 3 is 1.91 bits per heavy atom. The van der Waals surface area contributed by atoms with Crippen molar-refractivity contribution in [3.05, 3.63) is 188 Å². The highest BCUT2D eigenvalue weighted by atomic mass is 32.1. The normalized spacial score (nSPS) is 11.6. The molecule has 11 aromatic rings. The van der Waals surface area contributed by atoms with Gasteiger partial charge < -0.3 is 4.42 Å². The quantitative estimate of drug-likeness (QED) is 0.171. The number of benzene rings is 7. The fourth-order valence-electron chi connectivity index (χ4n) is 7.86. The maximum atomic E-state index is 6.69. The molecule has 4 heterocycles. The van der Waals surface area contributed by atoms with Gasteiger partial charge in [0.2, 0.25) is 0 Å². The second kappa shape index (κ2) is 13.3. The van der Waals surface area contributed by atoms with Crippen LogP contribution in [-0.4, -0.2) is 15.0 Å². The van der Waals surface area contributed by atoms with E-state index in [0.29, 0.717) is 5.82 Å². The lowest BCUT2D eigenvalue weighted by atomic mass is 9.93. The number of hydrogen-bond donors (Lipinski definition) is 0. The first-order valence-electron chi connectivity index (χ1n) is 18.7. The molecular formula is C51H31N3OS. The Morgan fingerprint density at radius 2 is 1.07 bits per heavy atom. The van der Waals surface area contributed by atoms with Crippen molar-refractivity contribution in [1.29, 1.82) is 0 Å². The maximum Gasteiger partial charge on any atom is 0.160 e. The first-order chi connectivity index (χ1) is 27.7. The third kappa shape index (κ3) is 5.56. The van der Waals surface area contributed by atoms with E-state index in [0.717, 1.165) is 83.4 Å². The molecule has 0 spiro atoms. The monoisotopic (exact) mass is 733 g/mol. The zero-order valence-corrected chi connectivity index (χ0v) is 30.9. The second-order valence-electron chi connectivity index (χ2n) is 14.0. The van der Waals surface area contributed by atoms with Gasteiger partial charge in [0, 0.05) is 71.2 Å². The van der Waals surface area contributed by atoms with Crippen LogP contribution >= 0.6 is 11.3 Å². The van der Waals surface area contributed by atoms with Crippen molar-refractivity contribution in [3.63, 3.8) is 0 Å². The van der Waals surface area contributed by atoms with Crippen LogP contribution in [0.2, 0.25) is 0 Å². The number of para-hydroxylation sites is 1. The maximum absolute atomic E-state index is 6.69. The molecule has 262 valence electrons. The van der Waals surface area contributed by atoms with Gasteiger partial charge in [0.1, 0.15) is 11.2 Å². The van der Waals surface area contributed by atoms with E-state index in [4.69, 9.17) is 14.4 Å². The van der Waals surface area contributed by atoms with E-state index in [1.807, 2.05) is 47.9 Å². The number of pyridine rings is 1. The minimum atomic E-state index is 0.673. The first kappa shape index (κ1) is 32.2. The van der Waals surface area contributed by atoms with Gasteiger partial charge in [-0.2, -0.15) is 0 Å². The van der Waals surface area contributed by atoms with Crippen LogP contribution in [0.3, 0.4) is 0 Å². The molecule has 0 saturated carbocycles. The van der Waals surface area contributed by atoms with Crippen LogP contribution in [-0.2, 0) is 0 Å². The van der Waals surface area contributed by atoms with Crippen LogP contribution in [0.25, 0.3) is 109 Å². The fourth-order valence-corrected chi connectivity index (χ4v) is 9.01. The summed E-state index contributed by atoms with van der Waals surface area (Å²) >= 11 is 1.84. The van der Waals surface area contributed by atoms with Crippen LogP contribution in [0.15, 0.2) is 193 Å². The first-order valence-corrected chi connectivity index (χ1v) is 19.5. The van der Waals surface area contributed by atoms with Crippen LogP contribution in [0.4, 0.5) is 0 Å². The molecule has 0 N–H and O–H groups in total. The molecule has 0 atom stereocenters. The summed E-state index contributed by atoms with van der Waals surface area (Å²) in [6, 6.07) is 61.7. The average molecular weight is 734 g/mol. The number of furan rings is 1. The van der Waals surface area contributed by atoms with Crippen molar-refractivity contribution in [2.24, 2.45) is 0 Å². The minimum Gasteiger partial charge on any atom is -0.455 e. The van der Waals surface area contributed by atoms with Gasteiger partial charge in [0.05, 0.1) is 11.4 Å². The Kier molecular flexibility index (Phi) is 7.64. The van der Waals surface area contributed by atoms with Crippen molar-refractivity contribution in [2.75, 3.05) is 0 Å². The van der Waals surface area contributed by atoms with E-state index in [-0.39, 0.29) is 0 Å². The Labute approximate surface area is 327 Å². The summed E-state index contributed by atoms with van der Waals surface area (Å²) in [6.07, 6.45) is 3.67. The molecule has 4 nitrogen and oxygen atoms in total. The van der Waals surface area contributed by atoms with Crippen molar-refractivity contribution in [1.82, 2.24) is 15.0 Å². The van der Waals surface area contributed by atoms with Crippen LogP contribution < -0.4 is 0 Å². The lowest BCUT2D eigenvalue weighted by Crippen LogP contribution is -1.96. The fraction of sp³-hybridized carbons (Fsp3) is 0. The van der Waals surface area contributed by atoms with E-state index in [9.17, 15) is 0 Å². The van der Waals surface area contributed by atoms with Gasteiger partial charge in [0.15, 0.2) is 5.82 Å². The summed E-state index contributed by atoms with van der Waals surface area (Å²) < 4.78 is 9.27. The van der Waals surface area contributed by atoms with E-state index >= 15 is 0 Å². The highest BCUT2D eigenvalue weighted by Gasteiger charge is 2.19. The Morgan fingerprint density at radius 1 is 0.411 bits per heavy atom. The molecule has 0 amide bonds. The van der Waals surface area contributed by atoms with Gasteiger partial charge in [0.25, 0.3) is 0 Å². The molecule has 0 aliphatic carbocycles. The molecule has 4 aromatic heterocycles. The van der Waals surface area contributed by atoms with Crippen molar-refractivity contribution >= 4 is 53.4 Å². The van der Waals surface area contributed by atoms with Gasteiger partial charge >= 0.3 is 0 Å². The van der Waals surface area contributed by atoms with Gasteiger partial charge in [-0.05, 0) is 64.7 Å². The number of hydrogen-bond acceptors (Lipinski definition) is 5. The molecule has 11 rings (SSSR count). The number of thiophene rings is 1. The van der Waals surface area contributed by atoms with Gasteiger partial charge in [-0.3, -0.25) is 4.98 Å². The van der Waals surface area contributed by atoms with Gasteiger partial charge in [-0.25, -0.2) is 9.97 Å². The Hall–Kier alpha value is -7.21. The highest BCUT2D eigenvalue weighted by molar-refractivity contribution is 7.25. The summed E-state index contributed by atoms with van der Waals surface area (Å²) in [7, 11) is 0. The topological polar surface area (TPSA) is 51.8 Å². The molecule has 7 aromatic carbocycles. The van der Waals surface area contributed by atoms with E-state index in [1.54, 1.807) is 6.20 Å². The van der Waals surface area contributed by atoms with Crippen LogP contribution in [0.1, 0.15) is 0 Å². The summed E-state index contributed by atoms with van der Waals surface area (Å²) in [5.74, 6) is 0.673. The number of nitrogens with zero attached hydrogens (tertiary/aromatic N) is 3. The van der Waals surface area contributed by atoms with Crippen LogP contribution in [0, 0.1) is 0 Å². The lowest BCUT2D eigenvalue weighted by molar-refractivity contribution is 0.670. The predicted octanol–water partition coefficient (Wildman–Crippen LogP) is 14.1. The molecule has 5 heteroatoms. The average Bonchev–Trinajstić information content (AvgIpc) is 3.85. The molecule has 0 aliphatic rings. The standard InChI is InChI=1S/C51H31N3OS/c1-2-10-33(11-3-1)44-30-45(54-51(53-44)37-13-8-12-35(28-37)38-14-9-27-52-31-38)34-21-19-32(20-22-34)39-25-26-40(50-49(39)43-16-4-6-17-46(43)55-50)36-23-24-42-41-15-5-7-18-47(41)56-48(42)29-36/h1-31H. The van der Waals surface area contributed by atoms with Gasteiger partial charge in [-0.1, -0.05) is 133 Å². The Bertz CT molecular complexity index is 3240. The third-order valence-corrected chi connectivity index (χ3v) is 11.8. The smallest absolute Gasteiger partial charge is 0.160 e. The zero-order valence-electron chi connectivity index (χ0n) is 30.1. The number of rotatable bonds is 6. The molecule has 0 radical (unpaired) electrons. The number of aromatic nitrogens is 3. The molecule has 0 unspecified atom stereocenters. The zero-order chi connectivity index (χ0) is 37.0. The molecule has 0 bridgehead atoms. The molecule has 0 fully saturated rings. The number of fused-ring (bicyclic) bond motifs is 6. The minimum absolute atomic E-state index is 0.673. The SMILES string of the molecule is c1ccc(-c2cc(-c3ccc(-c4ccc(-c5ccc6c(c5)sc5ccccc56)c5oc6ccccc6c45)cc3)nc(-c3cccc(-c4cccnc4)c3)n2)cc1. The molecular weight excluding hydrogens is 703 g/mol. The van der Waals surface area contributed by atoms with Crippen LogP contribution in [0.5, 0.6) is 0 Å². The molecule has 0 saturated heterocycles. The van der Waals surface area contributed by atoms with E-state index in [1.165, 1.54) is 20.2 Å². The summed E-state index contributed by atoms with van der Waals surface area (Å²) in [6.45, 7) is 0. The largest absolute Gasteiger partial charge is 0.455 e. The summed E-state index contributed by atoms with van der Waals surface area (Å²) in [4.78, 5) is 14.6. The summed E-state index contributed by atoms with van der Waals surface area (Å²) in [5, 5.41) is 4.81. The molecule has 56 heavy (non-hydrogen) atoms. The van der Waals surface area contributed by atoms with Gasteiger partial charge in [-0.15, -0.1) is 11.3 Å². The van der Waals surface area contributed by atoms with E-state index < -0.39 is 0 Å². The molecule has 0 aliphatic heterocycles. The Balaban J connectivity index is 1.02. The van der Waals surface area contributed by atoms with Crippen molar-refractivity contribution in [3.8, 4) is 67.3 Å².